The summed E-state index contributed by atoms with van der Waals surface area (Å²) in [5.74, 6) is -0.0213. The van der Waals surface area contributed by atoms with Gasteiger partial charge in [-0.05, 0) is 63.7 Å². The molecule has 5 heteroatoms. The van der Waals surface area contributed by atoms with E-state index < -0.39 is 17.7 Å². The molecule has 1 fully saturated rings. The summed E-state index contributed by atoms with van der Waals surface area (Å²) < 4.78 is 5.27. The van der Waals surface area contributed by atoms with Crippen LogP contribution in [0.3, 0.4) is 0 Å². The molecule has 0 aliphatic heterocycles. The molecule has 0 unspecified atom stereocenters. The van der Waals surface area contributed by atoms with Gasteiger partial charge in [-0.2, -0.15) is 0 Å². The molecule has 0 aromatic carbocycles. The number of amides is 1. The van der Waals surface area contributed by atoms with Gasteiger partial charge in [0.25, 0.3) is 0 Å². The summed E-state index contributed by atoms with van der Waals surface area (Å²) in [6.07, 6.45) is 3.50. The van der Waals surface area contributed by atoms with Crippen molar-refractivity contribution in [1.82, 2.24) is 5.32 Å². The molecule has 0 spiro atoms. The molecular formula is C18H33NO4. The Morgan fingerprint density at radius 3 is 2.00 bits per heavy atom. The summed E-state index contributed by atoms with van der Waals surface area (Å²) in [6.45, 7) is 12.2. The van der Waals surface area contributed by atoms with Crippen molar-refractivity contribution in [1.29, 1.82) is 0 Å². The van der Waals surface area contributed by atoms with Crippen LogP contribution in [0.15, 0.2) is 0 Å². The van der Waals surface area contributed by atoms with Crippen LogP contribution in [-0.2, 0) is 9.53 Å². The minimum absolute atomic E-state index is 0.0515. The van der Waals surface area contributed by atoms with Crippen LogP contribution in [0.1, 0.15) is 73.6 Å². The van der Waals surface area contributed by atoms with E-state index in [1.165, 1.54) is 0 Å². The summed E-state index contributed by atoms with van der Waals surface area (Å²) in [7, 11) is 0. The van der Waals surface area contributed by atoms with Crippen molar-refractivity contribution in [2.75, 3.05) is 0 Å². The normalized spacial score (nSPS) is 23.9. The number of hydrogen-bond donors (Lipinski definition) is 2. The highest BCUT2D eigenvalue weighted by molar-refractivity contribution is 5.71. The number of carboxylic acids is 1. The lowest BCUT2D eigenvalue weighted by molar-refractivity contribution is -0.138. The van der Waals surface area contributed by atoms with Crippen molar-refractivity contribution in [3.8, 4) is 0 Å². The maximum Gasteiger partial charge on any atom is 0.407 e. The molecular weight excluding hydrogens is 294 g/mol. The van der Waals surface area contributed by atoms with Crippen LogP contribution in [0.4, 0.5) is 4.79 Å². The quantitative estimate of drug-likeness (QED) is 0.811. The van der Waals surface area contributed by atoms with Crippen molar-refractivity contribution >= 4 is 12.1 Å². The van der Waals surface area contributed by atoms with E-state index >= 15 is 0 Å². The fourth-order valence-corrected chi connectivity index (χ4v) is 3.37. The van der Waals surface area contributed by atoms with Gasteiger partial charge in [0.15, 0.2) is 0 Å². The van der Waals surface area contributed by atoms with Crippen LogP contribution in [0.2, 0.25) is 0 Å². The van der Waals surface area contributed by atoms with Crippen molar-refractivity contribution in [2.45, 2.75) is 85.3 Å². The summed E-state index contributed by atoms with van der Waals surface area (Å²) >= 11 is 0. The van der Waals surface area contributed by atoms with Crippen molar-refractivity contribution in [3.63, 3.8) is 0 Å². The lowest BCUT2D eigenvalue weighted by Gasteiger charge is -2.39. The molecule has 0 aromatic heterocycles. The fourth-order valence-electron chi connectivity index (χ4n) is 3.37. The van der Waals surface area contributed by atoms with Crippen LogP contribution < -0.4 is 5.32 Å². The number of alkyl carbamates (subject to hydrolysis) is 1. The van der Waals surface area contributed by atoms with E-state index in [9.17, 15) is 9.59 Å². The number of aliphatic carboxylic acids is 1. The van der Waals surface area contributed by atoms with Gasteiger partial charge < -0.3 is 15.2 Å². The lowest BCUT2D eigenvalue weighted by atomic mass is 9.68. The molecule has 0 bridgehead atoms. The number of rotatable bonds is 4. The van der Waals surface area contributed by atoms with E-state index in [1.807, 2.05) is 0 Å². The van der Waals surface area contributed by atoms with E-state index in [4.69, 9.17) is 9.84 Å². The minimum atomic E-state index is -0.885. The van der Waals surface area contributed by atoms with Crippen molar-refractivity contribution < 1.29 is 19.4 Å². The Morgan fingerprint density at radius 2 is 1.61 bits per heavy atom. The summed E-state index contributed by atoms with van der Waals surface area (Å²) in [5.41, 5.74) is -0.298. The summed E-state index contributed by atoms with van der Waals surface area (Å²) in [5, 5.41) is 11.9. The Bertz CT molecular complexity index is 412. The maximum atomic E-state index is 12.0. The molecule has 0 aromatic rings. The number of nitrogens with one attached hydrogen (secondary N) is 1. The molecule has 23 heavy (non-hydrogen) atoms. The molecule has 1 rings (SSSR count). The van der Waals surface area contributed by atoms with Gasteiger partial charge in [-0.1, -0.05) is 20.8 Å². The molecule has 0 radical (unpaired) electrons. The first-order valence-electron chi connectivity index (χ1n) is 8.60. The van der Waals surface area contributed by atoms with Crippen molar-refractivity contribution in [2.24, 2.45) is 17.3 Å². The number of carboxylic acid groups (broad SMARTS) is 1. The van der Waals surface area contributed by atoms with Gasteiger partial charge in [0.05, 0.1) is 6.42 Å². The van der Waals surface area contributed by atoms with E-state index in [-0.39, 0.29) is 23.8 Å². The number of hydrogen-bond acceptors (Lipinski definition) is 3. The smallest absolute Gasteiger partial charge is 0.407 e. The minimum Gasteiger partial charge on any atom is -0.481 e. The van der Waals surface area contributed by atoms with Gasteiger partial charge >= 0.3 is 12.1 Å². The Kier molecular flexibility index (Phi) is 6.49. The molecule has 1 saturated carbocycles. The van der Waals surface area contributed by atoms with Crippen molar-refractivity contribution in [3.05, 3.63) is 0 Å². The SMILES string of the molecule is CC(C)(C)OC(=O)N[C@@H](CC(=O)O)C1CCC(C(C)(C)C)CC1. The average molecular weight is 327 g/mol. The van der Waals surface area contributed by atoms with Crippen LogP contribution >= 0.6 is 0 Å². The average Bonchev–Trinajstić information content (AvgIpc) is 2.34. The third-order valence-corrected chi connectivity index (χ3v) is 4.66. The Hall–Kier alpha value is -1.26. The highest BCUT2D eigenvalue weighted by Crippen LogP contribution is 2.41. The first-order chi connectivity index (χ1) is 10.4. The Labute approximate surface area is 140 Å². The zero-order valence-corrected chi connectivity index (χ0v) is 15.4. The number of carbonyl (C=O) groups is 2. The third-order valence-electron chi connectivity index (χ3n) is 4.66. The van der Waals surface area contributed by atoms with Gasteiger partial charge in [-0.15, -0.1) is 0 Å². The Morgan fingerprint density at radius 1 is 1.09 bits per heavy atom. The highest BCUT2D eigenvalue weighted by Gasteiger charge is 2.34. The molecule has 2 N–H and O–H groups in total. The second-order valence-corrected chi connectivity index (χ2v) is 8.83. The molecule has 1 amide bonds. The second kappa shape index (κ2) is 7.54. The summed E-state index contributed by atoms with van der Waals surface area (Å²) in [6, 6.07) is -0.358. The molecule has 0 heterocycles. The van der Waals surface area contributed by atoms with Crippen LogP contribution in [0.25, 0.3) is 0 Å². The van der Waals surface area contributed by atoms with Gasteiger partial charge in [0, 0.05) is 6.04 Å². The van der Waals surface area contributed by atoms with Gasteiger partial charge in [0.1, 0.15) is 5.60 Å². The predicted molar refractivity (Wildman–Crippen MR) is 90.3 cm³/mol. The molecule has 1 atom stereocenters. The van der Waals surface area contributed by atoms with E-state index in [1.54, 1.807) is 20.8 Å². The zero-order chi connectivity index (χ0) is 17.8. The van der Waals surface area contributed by atoms with Crippen LogP contribution in [0.5, 0.6) is 0 Å². The molecule has 1 aliphatic rings. The largest absolute Gasteiger partial charge is 0.481 e. The fraction of sp³-hybridized carbons (Fsp3) is 0.889. The van der Waals surface area contributed by atoms with E-state index in [0.29, 0.717) is 5.92 Å². The lowest BCUT2D eigenvalue weighted by Crippen LogP contribution is -2.45. The molecule has 5 nitrogen and oxygen atoms in total. The third kappa shape index (κ3) is 7.23. The van der Waals surface area contributed by atoms with E-state index in [0.717, 1.165) is 25.7 Å². The number of ether oxygens (including phenoxy) is 1. The standard InChI is InChI=1S/C18H33NO4/c1-17(2,3)13-9-7-12(8-10-13)14(11-15(20)21)19-16(22)23-18(4,5)6/h12-14H,7-11H2,1-6H3,(H,19,22)(H,20,21)/t12?,13?,14-/m0/s1. The van der Waals surface area contributed by atoms with Gasteiger partial charge in [0.2, 0.25) is 0 Å². The second-order valence-electron chi connectivity index (χ2n) is 8.83. The molecule has 134 valence electrons. The van der Waals surface area contributed by atoms with E-state index in [2.05, 4.69) is 26.1 Å². The maximum absolute atomic E-state index is 12.0. The first-order valence-corrected chi connectivity index (χ1v) is 8.60. The highest BCUT2D eigenvalue weighted by atomic mass is 16.6. The van der Waals surface area contributed by atoms with Gasteiger partial charge in [-0.3, -0.25) is 4.79 Å². The topological polar surface area (TPSA) is 75.6 Å². The Balaban J connectivity index is 2.65. The summed E-state index contributed by atoms with van der Waals surface area (Å²) in [4.78, 5) is 23.1. The zero-order valence-electron chi connectivity index (χ0n) is 15.4. The molecule has 1 aliphatic carbocycles. The van der Waals surface area contributed by atoms with Crippen LogP contribution in [-0.4, -0.2) is 28.8 Å². The first kappa shape index (κ1) is 19.8. The number of carbonyl (C=O) groups excluding carboxylic acids is 1. The molecule has 0 saturated heterocycles. The predicted octanol–water partition coefficient (Wildman–Crippen LogP) is 4.21. The van der Waals surface area contributed by atoms with Gasteiger partial charge in [-0.25, -0.2) is 4.79 Å². The van der Waals surface area contributed by atoms with Crippen LogP contribution in [0, 0.1) is 17.3 Å². The monoisotopic (exact) mass is 327 g/mol.